The fourth-order valence-electron chi connectivity index (χ4n) is 3.14. The maximum absolute atomic E-state index is 12.5. The molecule has 2 aromatic rings. The van der Waals surface area contributed by atoms with Gasteiger partial charge in [0.2, 0.25) is 5.91 Å². The predicted octanol–water partition coefficient (Wildman–Crippen LogP) is 3.22. The standard InChI is InChI=1S/C21H25BrN2O3/c1-26-19-6-2-4-17(14-19)15-21(25)24-10-8-23(9-11-24)12-13-27-20-7-3-5-18(22)16-20/h2-7,14,16H,8-13,15H2,1H3. The molecule has 1 aliphatic rings. The van der Waals surface area contributed by atoms with Gasteiger partial charge in [-0.1, -0.05) is 34.1 Å². The smallest absolute Gasteiger partial charge is 0.227 e. The third kappa shape index (κ3) is 5.97. The number of ether oxygens (including phenoxy) is 2. The van der Waals surface area contributed by atoms with E-state index in [0.717, 1.165) is 54.3 Å². The molecule has 1 heterocycles. The molecule has 0 N–H and O–H groups in total. The van der Waals surface area contributed by atoms with Gasteiger partial charge in [-0.25, -0.2) is 0 Å². The van der Waals surface area contributed by atoms with Crippen LogP contribution >= 0.6 is 15.9 Å². The lowest BCUT2D eigenvalue weighted by Gasteiger charge is -2.34. The first kappa shape index (κ1) is 19.7. The van der Waals surface area contributed by atoms with Crippen LogP contribution in [0.1, 0.15) is 5.56 Å². The summed E-state index contributed by atoms with van der Waals surface area (Å²) in [6, 6.07) is 15.6. The molecule has 27 heavy (non-hydrogen) atoms. The van der Waals surface area contributed by atoms with E-state index in [4.69, 9.17) is 9.47 Å². The number of hydrogen-bond acceptors (Lipinski definition) is 4. The number of benzene rings is 2. The highest BCUT2D eigenvalue weighted by Gasteiger charge is 2.21. The van der Waals surface area contributed by atoms with E-state index in [1.54, 1.807) is 7.11 Å². The molecule has 6 heteroatoms. The number of hydrogen-bond donors (Lipinski definition) is 0. The Labute approximate surface area is 169 Å². The number of methoxy groups -OCH3 is 1. The van der Waals surface area contributed by atoms with E-state index < -0.39 is 0 Å². The maximum atomic E-state index is 12.5. The SMILES string of the molecule is COc1cccc(CC(=O)N2CCN(CCOc3cccc(Br)c3)CC2)c1. The second-order valence-electron chi connectivity index (χ2n) is 6.56. The zero-order valence-electron chi connectivity index (χ0n) is 15.6. The summed E-state index contributed by atoms with van der Waals surface area (Å²) in [5, 5.41) is 0. The van der Waals surface area contributed by atoms with Crippen molar-refractivity contribution in [1.82, 2.24) is 9.80 Å². The van der Waals surface area contributed by atoms with Gasteiger partial charge in [-0.15, -0.1) is 0 Å². The van der Waals surface area contributed by atoms with Crippen LogP contribution in [0.5, 0.6) is 11.5 Å². The summed E-state index contributed by atoms with van der Waals surface area (Å²) in [5.74, 6) is 1.83. The van der Waals surface area contributed by atoms with Crippen LogP contribution in [-0.4, -0.2) is 62.1 Å². The van der Waals surface area contributed by atoms with Crippen LogP contribution in [0.2, 0.25) is 0 Å². The van der Waals surface area contributed by atoms with Crippen molar-refractivity contribution in [2.24, 2.45) is 0 Å². The zero-order valence-corrected chi connectivity index (χ0v) is 17.2. The largest absolute Gasteiger partial charge is 0.497 e. The van der Waals surface area contributed by atoms with Crippen LogP contribution in [0.25, 0.3) is 0 Å². The average molecular weight is 433 g/mol. The van der Waals surface area contributed by atoms with Gasteiger partial charge in [-0.3, -0.25) is 9.69 Å². The van der Waals surface area contributed by atoms with E-state index in [0.29, 0.717) is 13.0 Å². The highest BCUT2D eigenvalue weighted by Crippen LogP contribution is 2.18. The molecule has 0 saturated carbocycles. The lowest BCUT2D eigenvalue weighted by molar-refractivity contribution is -0.132. The fourth-order valence-corrected chi connectivity index (χ4v) is 3.52. The van der Waals surface area contributed by atoms with Gasteiger partial charge in [-0.05, 0) is 35.9 Å². The maximum Gasteiger partial charge on any atom is 0.227 e. The Kier molecular flexibility index (Phi) is 7.12. The minimum atomic E-state index is 0.174. The molecule has 0 atom stereocenters. The molecule has 5 nitrogen and oxygen atoms in total. The van der Waals surface area contributed by atoms with Crippen LogP contribution in [0.4, 0.5) is 0 Å². The van der Waals surface area contributed by atoms with E-state index >= 15 is 0 Å². The van der Waals surface area contributed by atoms with Gasteiger partial charge in [0.05, 0.1) is 13.5 Å². The summed E-state index contributed by atoms with van der Waals surface area (Å²) in [5.41, 5.74) is 0.990. The van der Waals surface area contributed by atoms with E-state index in [-0.39, 0.29) is 5.91 Å². The second kappa shape index (κ2) is 9.76. The van der Waals surface area contributed by atoms with E-state index in [9.17, 15) is 4.79 Å². The number of nitrogens with zero attached hydrogens (tertiary/aromatic N) is 2. The minimum absolute atomic E-state index is 0.174. The number of carbonyl (C=O) groups excluding carboxylic acids is 1. The highest BCUT2D eigenvalue weighted by molar-refractivity contribution is 9.10. The summed E-state index contributed by atoms with van der Waals surface area (Å²) in [7, 11) is 1.64. The van der Waals surface area contributed by atoms with Crippen LogP contribution < -0.4 is 9.47 Å². The van der Waals surface area contributed by atoms with Crippen molar-refractivity contribution >= 4 is 21.8 Å². The molecule has 1 saturated heterocycles. The normalized spacial score (nSPS) is 14.8. The van der Waals surface area contributed by atoms with E-state index in [1.165, 1.54) is 0 Å². The van der Waals surface area contributed by atoms with Crippen molar-refractivity contribution in [3.8, 4) is 11.5 Å². The Balaban J connectivity index is 1.39. The lowest BCUT2D eigenvalue weighted by Crippen LogP contribution is -2.49. The first-order chi connectivity index (χ1) is 13.1. The van der Waals surface area contributed by atoms with Gasteiger partial charge < -0.3 is 14.4 Å². The van der Waals surface area contributed by atoms with Crippen molar-refractivity contribution in [3.05, 3.63) is 58.6 Å². The third-order valence-electron chi connectivity index (χ3n) is 4.69. The first-order valence-corrected chi connectivity index (χ1v) is 9.95. The van der Waals surface area contributed by atoms with E-state index in [2.05, 4.69) is 20.8 Å². The molecule has 1 amide bonds. The van der Waals surface area contributed by atoms with Gasteiger partial charge in [-0.2, -0.15) is 0 Å². The number of piperazine rings is 1. The number of carbonyl (C=O) groups is 1. The van der Waals surface area contributed by atoms with Crippen LogP contribution in [0, 0.1) is 0 Å². The summed E-state index contributed by atoms with van der Waals surface area (Å²) in [4.78, 5) is 16.8. The van der Waals surface area contributed by atoms with Crippen LogP contribution in [0.3, 0.4) is 0 Å². The van der Waals surface area contributed by atoms with E-state index in [1.807, 2.05) is 53.4 Å². The third-order valence-corrected chi connectivity index (χ3v) is 5.18. The molecule has 1 aliphatic heterocycles. The Morgan fingerprint density at radius 3 is 2.52 bits per heavy atom. The average Bonchev–Trinajstić information content (AvgIpc) is 2.69. The monoisotopic (exact) mass is 432 g/mol. The molecular weight excluding hydrogens is 408 g/mol. The van der Waals surface area contributed by atoms with Crippen molar-refractivity contribution in [2.75, 3.05) is 46.4 Å². The van der Waals surface area contributed by atoms with Gasteiger partial charge in [0.1, 0.15) is 18.1 Å². The fraction of sp³-hybridized carbons (Fsp3) is 0.381. The Hall–Kier alpha value is -2.05. The number of amides is 1. The van der Waals surface area contributed by atoms with Crippen molar-refractivity contribution in [1.29, 1.82) is 0 Å². The minimum Gasteiger partial charge on any atom is -0.497 e. The zero-order chi connectivity index (χ0) is 19.1. The van der Waals surface area contributed by atoms with Crippen LogP contribution in [0.15, 0.2) is 53.0 Å². The summed E-state index contributed by atoms with van der Waals surface area (Å²) >= 11 is 3.45. The molecule has 0 spiro atoms. The van der Waals surface area contributed by atoms with Crippen molar-refractivity contribution in [2.45, 2.75) is 6.42 Å². The van der Waals surface area contributed by atoms with Gasteiger partial charge in [0.15, 0.2) is 0 Å². The topological polar surface area (TPSA) is 42.0 Å². The summed E-state index contributed by atoms with van der Waals surface area (Å²) in [6.45, 7) is 4.80. The Morgan fingerprint density at radius 1 is 1.04 bits per heavy atom. The molecule has 1 fully saturated rings. The van der Waals surface area contributed by atoms with Gasteiger partial charge in [0.25, 0.3) is 0 Å². The molecule has 3 rings (SSSR count). The van der Waals surface area contributed by atoms with Crippen molar-refractivity contribution < 1.29 is 14.3 Å². The van der Waals surface area contributed by atoms with Crippen molar-refractivity contribution in [3.63, 3.8) is 0 Å². The summed E-state index contributed by atoms with van der Waals surface area (Å²) < 4.78 is 12.0. The summed E-state index contributed by atoms with van der Waals surface area (Å²) in [6.07, 6.45) is 0.420. The Morgan fingerprint density at radius 2 is 1.78 bits per heavy atom. The molecule has 0 aromatic heterocycles. The molecule has 0 unspecified atom stereocenters. The molecule has 0 radical (unpaired) electrons. The molecule has 0 aliphatic carbocycles. The highest BCUT2D eigenvalue weighted by atomic mass is 79.9. The quantitative estimate of drug-likeness (QED) is 0.673. The van der Waals surface area contributed by atoms with Crippen LogP contribution in [-0.2, 0) is 11.2 Å². The second-order valence-corrected chi connectivity index (χ2v) is 7.47. The molecule has 144 valence electrons. The molecular formula is C21H25BrN2O3. The number of rotatable bonds is 7. The first-order valence-electron chi connectivity index (χ1n) is 9.15. The molecule has 0 bridgehead atoms. The van der Waals surface area contributed by atoms with Gasteiger partial charge >= 0.3 is 0 Å². The Bertz CT molecular complexity index is 761. The van der Waals surface area contributed by atoms with Gasteiger partial charge in [0, 0.05) is 37.2 Å². The lowest BCUT2D eigenvalue weighted by atomic mass is 10.1. The number of halogens is 1. The molecule has 2 aromatic carbocycles. The predicted molar refractivity (Wildman–Crippen MR) is 109 cm³/mol.